The van der Waals surface area contributed by atoms with Crippen molar-refractivity contribution in [2.45, 2.75) is 285 Å². The van der Waals surface area contributed by atoms with E-state index in [0.29, 0.717) is 0 Å². The smallest absolute Gasteiger partial charge is 0.180 e. The van der Waals surface area contributed by atoms with Crippen LogP contribution in [0, 0.1) is 0 Å². The molecule has 0 spiro atoms. The summed E-state index contributed by atoms with van der Waals surface area (Å²) in [7, 11) is 0. The van der Waals surface area contributed by atoms with Crippen molar-refractivity contribution < 1.29 is 33.2 Å². The van der Waals surface area contributed by atoms with Crippen molar-refractivity contribution in [3.05, 3.63) is 24.3 Å². The Balaban J connectivity index is 4.58. The third-order valence-electron chi connectivity index (χ3n) is 11.1. The van der Waals surface area contributed by atoms with E-state index in [2.05, 4.69) is 65.8 Å². The van der Waals surface area contributed by atoms with Gasteiger partial charge in [-0.15, -0.1) is 0 Å². The van der Waals surface area contributed by atoms with Gasteiger partial charge in [0.2, 0.25) is 0 Å². The molecule has 0 rings (SSSR count). The highest BCUT2D eigenvalue weighted by Crippen LogP contribution is 2.17. The quantitative estimate of drug-likeness (QED) is 0.0343. The van der Waals surface area contributed by atoms with Gasteiger partial charge in [-0.2, -0.15) is 0 Å². The fourth-order valence-corrected chi connectivity index (χ4v) is 7.33. The third kappa shape index (κ3) is 45.6. The van der Waals surface area contributed by atoms with Crippen LogP contribution >= 0.6 is 0 Å². The number of hydrogen-bond donors (Lipinski definition) is 0. The van der Waals surface area contributed by atoms with Crippen LogP contribution in [0.15, 0.2) is 24.3 Å². The second-order valence-corrected chi connectivity index (χ2v) is 17.5. The molecule has 0 aliphatic rings. The van der Waals surface area contributed by atoms with E-state index in [4.69, 9.17) is 33.2 Å². The first-order valence-corrected chi connectivity index (χ1v) is 26.8. The Kier molecular flexibility index (Phi) is 51.2. The summed E-state index contributed by atoms with van der Waals surface area (Å²) >= 11 is 0. The van der Waals surface area contributed by atoms with Gasteiger partial charge in [0.25, 0.3) is 0 Å². The standard InChI is InChI=1S/C54H106O7/c1-7-13-15-39-49-59-53(43-37-33-29-25-21-17-19-23-27-31-35-41-51(55-45-9-3)56-46-10-4)61-54(60-50-40-16-14-8-2)44-38-34-30-26-22-18-20-24-28-32-36-42-52(57-47-11-5)58-48-12-6/h37-38,43-44,51-54H,7-36,39-42,45-50H2,1-6H3. The second kappa shape index (κ2) is 51.8. The summed E-state index contributed by atoms with van der Waals surface area (Å²) in [5.41, 5.74) is 0. The van der Waals surface area contributed by atoms with Gasteiger partial charge in [0.15, 0.2) is 25.2 Å². The molecule has 0 aliphatic heterocycles. The lowest BCUT2D eigenvalue weighted by atomic mass is 10.1. The zero-order chi connectivity index (χ0) is 44.4. The van der Waals surface area contributed by atoms with E-state index in [9.17, 15) is 0 Å². The first-order valence-electron chi connectivity index (χ1n) is 26.8. The molecule has 0 bridgehead atoms. The molecule has 0 heterocycles. The maximum atomic E-state index is 6.51. The number of hydrogen-bond acceptors (Lipinski definition) is 7. The van der Waals surface area contributed by atoms with Crippen LogP contribution in [-0.2, 0) is 33.2 Å². The van der Waals surface area contributed by atoms with Crippen LogP contribution in [0.5, 0.6) is 0 Å². The zero-order valence-corrected chi connectivity index (χ0v) is 41.8. The molecule has 7 heteroatoms. The highest BCUT2D eigenvalue weighted by molar-refractivity contribution is 4.90. The van der Waals surface area contributed by atoms with E-state index in [1.54, 1.807) is 0 Å². The summed E-state index contributed by atoms with van der Waals surface area (Å²) in [6.07, 6.45) is 49.4. The fourth-order valence-electron chi connectivity index (χ4n) is 7.33. The molecule has 0 aromatic rings. The Hall–Kier alpha value is -0.800. The Morgan fingerprint density at radius 3 is 0.885 bits per heavy atom. The Morgan fingerprint density at radius 2 is 0.574 bits per heavy atom. The summed E-state index contributed by atoms with van der Waals surface area (Å²) in [5.74, 6) is 0. The molecule has 0 saturated heterocycles. The van der Waals surface area contributed by atoms with E-state index < -0.39 is 0 Å². The monoisotopic (exact) mass is 867 g/mol. The van der Waals surface area contributed by atoms with Gasteiger partial charge in [-0.25, -0.2) is 0 Å². The van der Waals surface area contributed by atoms with Gasteiger partial charge in [0.05, 0.1) is 13.2 Å². The van der Waals surface area contributed by atoms with E-state index in [0.717, 1.165) is 104 Å². The number of rotatable bonds is 52. The van der Waals surface area contributed by atoms with E-state index in [1.165, 1.54) is 154 Å². The van der Waals surface area contributed by atoms with Gasteiger partial charge in [0.1, 0.15) is 0 Å². The molecule has 0 fully saturated rings. The predicted molar refractivity (Wildman–Crippen MR) is 261 cm³/mol. The van der Waals surface area contributed by atoms with Crippen molar-refractivity contribution in [3.8, 4) is 0 Å². The van der Waals surface area contributed by atoms with Crippen LogP contribution in [0.25, 0.3) is 0 Å². The highest BCUT2D eigenvalue weighted by Gasteiger charge is 2.14. The molecule has 2 unspecified atom stereocenters. The van der Waals surface area contributed by atoms with Gasteiger partial charge in [-0.3, -0.25) is 0 Å². The lowest BCUT2D eigenvalue weighted by Crippen LogP contribution is -2.25. The molecule has 0 aliphatic carbocycles. The van der Waals surface area contributed by atoms with Gasteiger partial charge in [-0.05, 0) is 102 Å². The molecule has 2 atom stereocenters. The Morgan fingerprint density at radius 1 is 0.279 bits per heavy atom. The van der Waals surface area contributed by atoms with Crippen LogP contribution in [0.4, 0.5) is 0 Å². The molecular formula is C54H106O7. The molecular weight excluding hydrogens is 761 g/mol. The summed E-state index contributed by atoms with van der Waals surface area (Å²) in [4.78, 5) is 0. The van der Waals surface area contributed by atoms with Gasteiger partial charge in [0, 0.05) is 26.4 Å². The van der Waals surface area contributed by atoms with Gasteiger partial charge in [-0.1, -0.05) is 182 Å². The molecule has 61 heavy (non-hydrogen) atoms. The van der Waals surface area contributed by atoms with Crippen molar-refractivity contribution in [2.24, 2.45) is 0 Å². The lowest BCUT2D eigenvalue weighted by molar-refractivity contribution is -0.208. The summed E-state index contributed by atoms with van der Waals surface area (Å²) in [6, 6.07) is 0. The van der Waals surface area contributed by atoms with E-state index in [-0.39, 0.29) is 25.2 Å². The van der Waals surface area contributed by atoms with E-state index >= 15 is 0 Å². The normalized spacial score (nSPS) is 13.2. The maximum Gasteiger partial charge on any atom is 0.180 e. The Bertz CT molecular complexity index is 782. The van der Waals surface area contributed by atoms with Crippen LogP contribution in [0.2, 0.25) is 0 Å². The second-order valence-electron chi connectivity index (χ2n) is 17.5. The average Bonchev–Trinajstić information content (AvgIpc) is 3.27. The molecule has 0 aromatic heterocycles. The van der Waals surface area contributed by atoms with Crippen molar-refractivity contribution in [1.82, 2.24) is 0 Å². The topological polar surface area (TPSA) is 64.6 Å². The number of unbranched alkanes of at least 4 members (excludes halogenated alkanes) is 24. The van der Waals surface area contributed by atoms with Crippen molar-refractivity contribution in [1.29, 1.82) is 0 Å². The van der Waals surface area contributed by atoms with Crippen LogP contribution in [0.1, 0.15) is 260 Å². The summed E-state index contributed by atoms with van der Waals surface area (Å²) in [5, 5.41) is 0. The maximum absolute atomic E-state index is 6.51. The zero-order valence-electron chi connectivity index (χ0n) is 41.8. The average molecular weight is 867 g/mol. The minimum absolute atomic E-state index is 0.00602. The molecule has 0 N–H and O–H groups in total. The Labute approximate surface area is 380 Å². The van der Waals surface area contributed by atoms with Crippen molar-refractivity contribution in [2.75, 3.05) is 39.6 Å². The van der Waals surface area contributed by atoms with E-state index in [1.807, 2.05) is 0 Å². The molecule has 7 nitrogen and oxygen atoms in total. The van der Waals surface area contributed by atoms with Crippen molar-refractivity contribution in [3.63, 3.8) is 0 Å². The molecule has 0 saturated carbocycles. The largest absolute Gasteiger partial charge is 0.353 e. The fraction of sp³-hybridized carbons (Fsp3) is 0.926. The van der Waals surface area contributed by atoms with Crippen LogP contribution in [-0.4, -0.2) is 64.8 Å². The van der Waals surface area contributed by atoms with Crippen LogP contribution < -0.4 is 0 Å². The van der Waals surface area contributed by atoms with Crippen LogP contribution in [0.3, 0.4) is 0 Å². The first-order chi connectivity index (χ1) is 30.1. The molecule has 0 radical (unpaired) electrons. The van der Waals surface area contributed by atoms with Crippen molar-refractivity contribution >= 4 is 0 Å². The molecule has 0 amide bonds. The summed E-state index contributed by atoms with van der Waals surface area (Å²) < 4.78 is 42.7. The first kappa shape index (κ1) is 60.2. The lowest BCUT2D eigenvalue weighted by Gasteiger charge is -2.22. The van der Waals surface area contributed by atoms with Gasteiger partial charge >= 0.3 is 0 Å². The predicted octanol–water partition coefficient (Wildman–Crippen LogP) is 16.9. The minimum atomic E-state index is -0.371. The number of ether oxygens (including phenoxy) is 7. The highest BCUT2D eigenvalue weighted by atomic mass is 16.8. The van der Waals surface area contributed by atoms with Gasteiger partial charge < -0.3 is 33.2 Å². The summed E-state index contributed by atoms with van der Waals surface area (Å²) in [6.45, 7) is 17.8. The number of allylic oxidation sites excluding steroid dienone is 2. The molecule has 0 aromatic carbocycles. The minimum Gasteiger partial charge on any atom is -0.353 e. The third-order valence-corrected chi connectivity index (χ3v) is 11.1. The molecule has 364 valence electrons. The SMILES string of the molecule is CCCCCCOC(C=CCCCCCCCCCCCC(OCCC)OCCC)OC(C=CCCCCCCCCCCCC(OCCC)OCCC)OCCCCCC.